The smallest absolute Gasteiger partial charge is 0.00637 e. The van der Waals surface area contributed by atoms with Crippen molar-refractivity contribution in [3.63, 3.8) is 0 Å². The summed E-state index contributed by atoms with van der Waals surface area (Å²) in [6.45, 7) is 4.70. The zero-order chi connectivity index (χ0) is 14.9. The predicted octanol–water partition coefficient (Wildman–Crippen LogP) is 6.42. The Morgan fingerprint density at radius 1 is 0.550 bits per heavy atom. The Hall–Kier alpha value is 0.217. The molecule has 20 heavy (non-hydrogen) atoms. The molecular formula is C19H42Si. The van der Waals surface area contributed by atoms with Gasteiger partial charge in [0.1, 0.15) is 0 Å². The molecule has 0 spiro atoms. The fourth-order valence-electron chi connectivity index (χ4n) is 2.92. The van der Waals surface area contributed by atoms with Gasteiger partial charge in [0, 0.05) is 10.2 Å². The van der Waals surface area contributed by atoms with E-state index in [9.17, 15) is 0 Å². The first kappa shape index (κ1) is 20.2. The second-order valence-corrected chi connectivity index (χ2v) is 9.10. The lowest BCUT2D eigenvalue weighted by atomic mass is 10.0. The van der Waals surface area contributed by atoms with Crippen molar-refractivity contribution in [1.82, 2.24) is 0 Å². The van der Waals surface area contributed by atoms with Crippen LogP contribution in [0.5, 0.6) is 0 Å². The second-order valence-electron chi connectivity index (χ2n) is 7.13. The van der Waals surface area contributed by atoms with Gasteiger partial charge in [-0.25, -0.2) is 0 Å². The Labute approximate surface area is 132 Å². The Balaban J connectivity index is 2.92. The summed E-state index contributed by atoms with van der Waals surface area (Å²) in [5.74, 6) is 0. The SMILES string of the molecule is CCCCCCCCCCCCCCCCCC(C)[SiH3]. The molecule has 0 saturated heterocycles. The highest BCUT2D eigenvalue weighted by molar-refractivity contribution is 6.11. The van der Waals surface area contributed by atoms with Crippen LogP contribution < -0.4 is 0 Å². The molecule has 0 rings (SSSR count). The first-order chi connectivity index (χ1) is 9.77. The van der Waals surface area contributed by atoms with Crippen LogP contribution in [0.1, 0.15) is 117 Å². The minimum Gasteiger partial charge on any atom is -0.0658 e. The quantitative estimate of drug-likeness (QED) is 0.228. The normalized spacial score (nSPS) is 12.9. The van der Waals surface area contributed by atoms with E-state index < -0.39 is 0 Å². The first-order valence-corrected chi connectivity index (χ1v) is 10.9. The molecule has 0 radical (unpaired) electrons. The van der Waals surface area contributed by atoms with E-state index in [1.54, 1.807) is 0 Å². The number of unbranched alkanes of at least 4 members (excludes halogenated alkanes) is 14. The summed E-state index contributed by atoms with van der Waals surface area (Å²) in [7, 11) is 1.39. The van der Waals surface area contributed by atoms with Gasteiger partial charge in [0.2, 0.25) is 0 Å². The topological polar surface area (TPSA) is 0 Å². The predicted molar refractivity (Wildman–Crippen MR) is 98.9 cm³/mol. The van der Waals surface area contributed by atoms with Gasteiger partial charge < -0.3 is 0 Å². The Kier molecular flexibility index (Phi) is 17.5. The average molecular weight is 299 g/mol. The third-order valence-electron chi connectivity index (χ3n) is 4.39. The molecule has 0 heterocycles. The molecule has 1 unspecified atom stereocenters. The van der Waals surface area contributed by atoms with Gasteiger partial charge in [-0.1, -0.05) is 122 Å². The highest BCUT2D eigenvalue weighted by Gasteiger charge is 1.95. The molecular weight excluding hydrogens is 256 g/mol. The monoisotopic (exact) mass is 298 g/mol. The van der Waals surface area contributed by atoms with Crippen molar-refractivity contribution >= 4 is 10.2 Å². The van der Waals surface area contributed by atoms with Crippen molar-refractivity contribution in [1.29, 1.82) is 0 Å². The van der Waals surface area contributed by atoms with E-state index in [0.717, 1.165) is 5.54 Å². The molecule has 0 aliphatic rings. The summed E-state index contributed by atoms with van der Waals surface area (Å²) in [5.41, 5.74) is 1.04. The van der Waals surface area contributed by atoms with E-state index in [-0.39, 0.29) is 0 Å². The van der Waals surface area contributed by atoms with Crippen molar-refractivity contribution in [3.8, 4) is 0 Å². The maximum absolute atomic E-state index is 2.40. The van der Waals surface area contributed by atoms with Gasteiger partial charge in [-0.3, -0.25) is 0 Å². The molecule has 0 aromatic heterocycles. The number of rotatable bonds is 16. The van der Waals surface area contributed by atoms with Crippen LogP contribution in [0.25, 0.3) is 0 Å². The van der Waals surface area contributed by atoms with Crippen molar-refractivity contribution in [2.75, 3.05) is 0 Å². The van der Waals surface area contributed by atoms with E-state index in [0.29, 0.717) is 0 Å². The molecule has 0 aromatic carbocycles. The zero-order valence-electron chi connectivity index (χ0n) is 14.9. The molecule has 0 fully saturated rings. The fraction of sp³-hybridized carbons (Fsp3) is 1.00. The Morgan fingerprint density at radius 2 is 0.850 bits per heavy atom. The standard InChI is InChI=1S/C19H42Si/c1-3-4-5-6-7-8-9-10-11-12-13-14-15-16-17-18-19(2)20/h19H,3-18H2,1-2,20H3. The lowest BCUT2D eigenvalue weighted by molar-refractivity contribution is 0.529. The van der Waals surface area contributed by atoms with Gasteiger partial charge in [0.25, 0.3) is 0 Å². The third-order valence-corrected chi connectivity index (χ3v) is 4.96. The van der Waals surface area contributed by atoms with E-state index in [1.807, 2.05) is 0 Å². The molecule has 0 bridgehead atoms. The average Bonchev–Trinajstić information content (AvgIpc) is 2.43. The summed E-state index contributed by atoms with van der Waals surface area (Å²) >= 11 is 0. The molecule has 0 saturated carbocycles. The fourth-order valence-corrected chi connectivity index (χ4v) is 3.33. The van der Waals surface area contributed by atoms with Gasteiger partial charge in [0.15, 0.2) is 0 Å². The van der Waals surface area contributed by atoms with Crippen LogP contribution >= 0.6 is 0 Å². The highest BCUT2D eigenvalue weighted by atomic mass is 28.1. The van der Waals surface area contributed by atoms with Crippen molar-refractivity contribution in [3.05, 3.63) is 0 Å². The van der Waals surface area contributed by atoms with Crippen molar-refractivity contribution in [2.45, 2.75) is 122 Å². The summed E-state index contributed by atoms with van der Waals surface area (Å²) < 4.78 is 0. The van der Waals surface area contributed by atoms with Crippen LogP contribution in [-0.2, 0) is 0 Å². The van der Waals surface area contributed by atoms with Crippen LogP contribution in [0.15, 0.2) is 0 Å². The molecule has 0 N–H and O–H groups in total. The lowest BCUT2D eigenvalue weighted by Crippen LogP contribution is -1.86. The molecule has 0 aliphatic carbocycles. The second kappa shape index (κ2) is 17.3. The van der Waals surface area contributed by atoms with Gasteiger partial charge >= 0.3 is 0 Å². The minimum absolute atomic E-state index is 1.04. The zero-order valence-corrected chi connectivity index (χ0v) is 16.9. The van der Waals surface area contributed by atoms with Gasteiger partial charge in [-0.15, -0.1) is 0 Å². The van der Waals surface area contributed by atoms with Crippen LogP contribution in [0.2, 0.25) is 5.54 Å². The number of hydrogen-bond acceptors (Lipinski definition) is 0. The summed E-state index contributed by atoms with van der Waals surface area (Å²) in [5, 5.41) is 0. The van der Waals surface area contributed by atoms with Crippen LogP contribution in [0.4, 0.5) is 0 Å². The summed E-state index contributed by atoms with van der Waals surface area (Å²) in [4.78, 5) is 0. The van der Waals surface area contributed by atoms with Crippen LogP contribution in [0, 0.1) is 0 Å². The first-order valence-electron chi connectivity index (χ1n) is 9.77. The third kappa shape index (κ3) is 18.2. The van der Waals surface area contributed by atoms with Gasteiger partial charge in [-0.05, 0) is 0 Å². The van der Waals surface area contributed by atoms with E-state index in [1.165, 1.54) is 113 Å². The molecule has 1 heteroatoms. The minimum atomic E-state index is 1.04. The molecule has 122 valence electrons. The highest BCUT2D eigenvalue weighted by Crippen LogP contribution is 2.15. The number of hydrogen-bond donors (Lipinski definition) is 0. The van der Waals surface area contributed by atoms with Crippen molar-refractivity contribution < 1.29 is 0 Å². The Morgan fingerprint density at radius 3 is 1.15 bits per heavy atom. The lowest BCUT2D eigenvalue weighted by Gasteiger charge is -2.04. The van der Waals surface area contributed by atoms with E-state index in [4.69, 9.17) is 0 Å². The van der Waals surface area contributed by atoms with Gasteiger partial charge in [0.05, 0.1) is 0 Å². The maximum Gasteiger partial charge on any atom is 0.00637 e. The molecule has 0 aliphatic heterocycles. The van der Waals surface area contributed by atoms with E-state index >= 15 is 0 Å². The van der Waals surface area contributed by atoms with Gasteiger partial charge in [-0.2, -0.15) is 0 Å². The van der Waals surface area contributed by atoms with Crippen LogP contribution in [-0.4, -0.2) is 10.2 Å². The summed E-state index contributed by atoms with van der Waals surface area (Å²) in [6, 6.07) is 0. The van der Waals surface area contributed by atoms with Crippen molar-refractivity contribution in [2.24, 2.45) is 0 Å². The molecule has 0 nitrogen and oxygen atoms in total. The summed E-state index contributed by atoms with van der Waals surface area (Å²) in [6.07, 6.45) is 23.7. The molecule has 0 aromatic rings. The molecule has 1 atom stereocenters. The molecule has 0 amide bonds. The maximum atomic E-state index is 2.40. The van der Waals surface area contributed by atoms with E-state index in [2.05, 4.69) is 13.8 Å². The Bertz CT molecular complexity index is 165. The van der Waals surface area contributed by atoms with Crippen LogP contribution in [0.3, 0.4) is 0 Å². The largest absolute Gasteiger partial charge is 0.0658 e.